The smallest absolute Gasteiger partial charge is 0.277 e. The second kappa shape index (κ2) is 8.97. The fourth-order valence-electron chi connectivity index (χ4n) is 3.52. The van der Waals surface area contributed by atoms with Crippen LogP contribution < -0.4 is 0 Å². The van der Waals surface area contributed by atoms with Gasteiger partial charge in [-0.1, -0.05) is 17.8 Å². The summed E-state index contributed by atoms with van der Waals surface area (Å²) in [7, 11) is 1.68. The number of nitrogens with zero attached hydrogens (tertiary/aromatic N) is 3. The van der Waals surface area contributed by atoms with Crippen LogP contribution in [0, 0.1) is 27.7 Å². The van der Waals surface area contributed by atoms with Crippen molar-refractivity contribution in [2.45, 2.75) is 45.9 Å². The van der Waals surface area contributed by atoms with Gasteiger partial charge in [0.1, 0.15) is 0 Å². The zero-order chi connectivity index (χ0) is 21.1. The van der Waals surface area contributed by atoms with Crippen molar-refractivity contribution in [2.24, 2.45) is 0 Å². The van der Waals surface area contributed by atoms with E-state index in [9.17, 15) is 4.79 Å². The Morgan fingerprint density at radius 3 is 2.62 bits per heavy atom. The van der Waals surface area contributed by atoms with Crippen molar-refractivity contribution in [3.63, 3.8) is 0 Å². The fraction of sp³-hybridized carbons (Fsp3) is 0.409. The molecule has 0 radical (unpaired) electrons. The number of carbonyl (C=O) groups excluding carboxylic acids is 1. The number of aryl methyl sites for hydroxylation is 3. The van der Waals surface area contributed by atoms with Gasteiger partial charge in [-0.3, -0.25) is 4.79 Å². The first-order valence-corrected chi connectivity index (χ1v) is 10.5. The van der Waals surface area contributed by atoms with Crippen LogP contribution in [-0.4, -0.2) is 40.0 Å². The number of Topliss-reactive ketones (excluding diaryl/α,β-unsaturated/α-hetero) is 1. The summed E-state index contributed by atoms with van der Waals surface area (Å²) in [5.41, 5.74) is 6.00. The average molecular weight is 414 g/mol. The summed E-state index contributed by atoms with van der Waals surface area (Å²) in [5, 5.41) is 8.60. The predicted octanol–water partition coefficient (Wildman–Crippen LogP) is 4.95. The number of hydrogen-bond acceptors (Lipinski definition) is 6. The highest BCUT2D eigenvalue weighted by Gasteiger charge is 2.20. The quantitative estimate of drug-likeness (QED) is 0.384. The second-order valence-electron chi connectivity index (χ2n) is 7.34. The number of ether oxygens (including phenoxy) is 1. The SMILES string of the molecule is COCC(C)n1c(C)cc(C(=O)CSc2nnc(-c3ccc(C)c(C)c3)o2)c1C. The van der Waals surface area contributed by atoms with Crippen LogP contribution in [0.3, 0.4) is 0 Å². The summed E-state index contributed by atoms with van der Waals surface area (Å²) in [6.07, 6.45) is 0. The molecule has 1 unspecified atom stereocenters. The molecule has 29 heavy (non-hydrogen) atoms. The van der Waals surface area contributed by atoms with Gasteiger partial charge in [0.05, 0.1) is 18.4 Å². The van der Waals surface area contributed by atoms with Crippen LogP contribution in [0.2, 0.25) is 0 Å². The lowest BCUT2D eigenvalue weighted by molar-refractivity contribution is 0.102. The number of methoxy groups -OCH3 is 1. The van der Waals surface area contributed by atoms with Gasteiger partial charge in [0.2, 0.25) is 5.89 Å². The van der Waals surface area contributed by atoms with Gasteiger partial charge in [-0.25, -0.2) is 0 Å². The molecule has 3 aromatic rings. The maximum absolute atomic E-state index is 12.8. The summed E-state index contributed by atoms with van der Waals surface area (Å²) >= 11 is 1.26. The van der Waals surface area contributed by atoms with Crippen molar-refractivity contribution in [3.05, 3.63) is 52.3 Å². The van der Waals surface area contributed by atoms with E-state index in [1.54, 1.807) is 7.11 Å². The van der Waals surface area contributed by atoms with Gasteiger partial charge in [0, 0.05) is 29.6 Å². The van der Waals surface area contributed by atoms with Crippen molar-refractivity contribution in [1.29, 1.82) is 0 Å². The highest BCUT2D eigenvalue weighted by atomic mass is 32.2. The van der Waals surface area contributed by atoms with E-state index in [1.807, 2.05) is 45.0 Å². The minimum atomic E-state index is 0.0462. The third-order valence-corrected chi connectivity index (χ3v) is 5.94. The molecular weight excluding hydrogens is 386 g/mol. The molecule has 1 aromatic carbocycles. The van der Waals surface area contributed by atoms with Crippen molar-refractivity contribution >= 4 is 17.5 Å². The Bertz CT molecular complexity index is 1020. The Kier molecular flexibility index (Phi) is 6.59. The van der Waals surface area contributed by atoms with E-state index in [0.717, 1.165) is 22.5 Å². The molecule has 0 aliphatic rings. The lowest BCUT2D eigenvalue weighted by Gasteiger charge is -2.17. The number of hydrogen-bond donors (Lipinski definition) is 0. The van der Waals surface area contributed by atoms with Gasteiger partial charge in [-0.2, -0.15) is 0 Å². The molecule has 0 N–H and O–H groups in total. The Morgan fingerprint density at radius 1 is 1.17 bits per heavy atom. The van der Waals surface area contributed by atoms with Gasteiger partial charge in [-0.15, -0.1) is 10.2 Å². The van der Waals surface area contributed by atoms with Crippen molar-refractivity contribution in [3.8, 4) is 11.5 Å². The number of ketones is 1. The number of carbonyl (C=O) groups is 1. The third kappa shape index (κ3) is 4.62. The molecular formula is C22H27N3O3S. The van der Waals surface area contributed by atoms with E-state index in [-0.39, 0.29) is 17.6 Å². The second-order valence-corrected chi connectivity index (χ2v) is 8.27. The predicted molar refractivity (Wildman–Crippen MR) is 115 cm³/mol. The summed E-state index contributed by atoms with van der Waals surface area (Å²) in [5.74, 6) is 0.761. The van der Waals surface area contributed by atoms with E-state index >= 15 is 0 Å². The molecule has 3 rings (SSSR count). The first kappa shape index (κ1) is 21.3. The topological polar surface area (TPSA) is 70.2 Å². The third-order valence-electron chi connectivity index (χ3n) is 5.12. The molecule has 0 aliphatic carbocycles. The minimum Gasteiger partial charge on any atom is -0.411 e. The Balaban J connectivity index is 1.69. The van der Waals surface area contributed by atoms with Crippen LogP contribution in [0.15, 0.2) is 33.9 Å². The van der Waals surface area contributed by atoms with Crippen LogP contribution in [0.1, 0.15) is 45.8 Å². The first-order chi connectivity index (χ1) is 13.8. The maximum atomic E-state index is 12.8. The monoisotopic (exact) mass is 413 g/mol. The van der Waals surface area contributed by atoms with Crippen LogP contribution in [0.5, 0.6) is 0 Å². The molecule has 0 amide bonds. The summed E-state index contributed by atoms with van der Waals surface area (Å²) in [6, 6.07) is 8.14. The van der Waals surface area contributed by atoms with Crippen LogP contribution in [0.4, 0.5) is 0 Å². The Morgan fingerprint density at radius 2 is 1.93 bits per heavy atom. The summed E-state index contributed by atoms with van der Waals surface area (Å²) < 4.78 is 13.1. The number of thioether (sulfide) groups is 1. The molecule has 1 atom stereocenters. The molecule has 0 saturated heterocycles. The van der Waals surface area contributed by atoms with Gasteiger partial charge in [-0.05, 0) is 63.9 Å². The summed E-state index contributed by atoms with van der Waals surface area (Å²) in [4.78, 5) is 12.8. The highest BCUT2D eigenvalue weighted by Crippen LogP contribution is 2.27. The van der Waals surface area contributed by atoms with Crippen LogP contribution >= 0.6 is 11.8 Å². The summed E-state index contributed by atoms with van der Waals surface area (Å²) in [6.45, 7) is 10.8. The molecule has 0 bridgehead atoms. The molecule has 154 valence electrons. The molecule has 0 saturated carbocycles. The van der Waals surface area contributed by atoms with E-state index in [1.165, 1.54) is 22.9 Å². The molecule has 0 spiro atoms. The lowest BCUT2D eigenvalue weighted by Crippen LogP contribution is -2.14. The van der Waals surface area contributed by atoms with Gasteiger partial charge in [0.25, 0.3) is 5.22 Å². The fourth-order valence-corrected chi connectivity index (χ4v) is 4.16. The molecule has 0 fully saturated rings. The molecule has 2 aromatic heterocycles. The molecule has 2 heterocycles. The van der Waals surface area contributed by atoms with E-state index in [2.05, 4.69) is 28.6 Å². The van der Waals surface area contributed by atoms with Crippen LogP contribution in [0.25, 0.3) is 11.5 Å². The molecule has 6 nitrogen and oxygen atoms in total. The maximum Gasteiger partial charge on any atom is 0.277 e. The van der Waals surface area contributed by atoms with Crippen molar-refractivity contribution < 1.29 is 13.9 Å². The number of benzene rings is 1. The molecule has 0 aliphatic heterocycles. The average Bonchev–Trinajstić information content (AvgIpc) is 3.26. The Hall–Kier alpha value is -2.38. The van der Waals surface area contributed by atoms with Gasteiger partial charge < -0.3 is 13.7 Å². The van der Waals surface area contributed by atoms with E-state index < -0.39 is 0 Å². The van der Waals surface area contributed by atoms with Gasteiger partial charge >= 0.3 is 0 Å². The first-order valence-electron chi connectivity index (χ1n) is 9.56. The standard InChI is InChI=1S/C22H27N3O3S/c1-13-7-8-18(9-14(13)2)21-23-24-22(28-21)29-12-20(26)19-10-15(3)25(17(19)5)16(4)11-27-6/h7-10,16H,11-12H2,1-6H3. The highest BCUT2D eigenvalue weighted by molar-refractivity contribution is 7.99. The minimum absolute atomic E-state index is 0.0462. The molecule has 7 heteroatoms. The van der Waals surface area contributed by atoms with Gasteiger partial charge in [0.15, 0.2) is 5.78 Å². The Labute approximate surface area is 175 Å². The lowest BCUT2D eigenvalue weighted by atomic mass is 10.1. The normalized spacial score (nSPS) is 12.3. The van der Waals surface area contributed by atoms with Crippen molar-refractivity contribution in [2.75, 3.05) is 19.5 Å². The zero-order valence-electron chi connectivity index (χ0n) is 17.8. The number of rotatable bonds is 8. The van der Waals surface area contributed by atoms with Crippen LogP contribution in [-0.2, 0) is 4.74 Å². The van der Waals surface area contributed by atoms with E-state index in [0.29, 0.717) is 17.7 Å². The largest absolute Gasteiger partial charge is 0.411 e. The van der Waals surface area contributed by atoms with Crippen molar-refractivity contribution in [1.82, 2.24) is 14.8 Å². The number of aromatic nitrogens is 3. The van der Waals surface area contributed by atoms with E-state index in [4.69, 9.17) is 9.15 Å². The zero-order valence-corrected chi connectivity index (χ0v) is 18.6.